The second-order valence-corrected chi connectivity index (χ2v) is 8.41. The van der Waals surface area contributed by atoms with Gasteiger partial charge in [-0.1, -0.05) is 13.0 Å². The molecule has 0 spiro atoms. The molecule has 2 aromatic heterocycles. The van der Waals surface area contributed by atoms with Crippen molar-refractivity contribution >= 4 is 11.7 Å². The second-order valence-electron chi connectivity index (χ2n) is 8.41. The van der Waals surface area contributed by atoms with E-state index in [2.05, 4.69) is 26.8 Å². The summed E-state index contributed by atoms with van der Waals surface area (Å²) in [6, 6.07) is 9.30. The van der Waals surface area contributed by atoms with Crippen LogP contribution >= 0.6 is 0 Å². The van der Waals surface area contributed by atoms with Crippen molar-refractivity contribution in [2.24, 2.45) is 0 Å². The van der Waals surface area contributed by atoms with E-state index in [1.807, 2.05) is 29.2 Å². The third-order valence-electron chi connectivity index (χ3n) is 6.31. The van der Waals surface area contributed by atoms with Gasteiger partial charge in [0.2, 0.25) is 0 Å². The summed E-state index contributed by atoms with van der Waals surface area (Å²) in [6.45, 7) is 6.63. The van der Waals surface area contributed by atoms with E-state index in [-0.39, 0.29) is 5.91 Å². The molecule has 9 heteroatoms. The molecule has 0 unspecified atom stereocenters. The van der Waals surface area contributed by atoms with Gasteiger partial charge in [-0.05, 0) is 30.7 Å². The summed E-state index contributed by atoms with van der Waals surface area (Å²) in [4.78, 5) is 30.8. The fraction of sp³-hybridized carbons (Fsp3) is 0.385. The van der Waals surface area contributed by atoms with Gasteiger partial charge >= 0.3 is 0 Å². The van der Waals surface area contributed by atoms with Gasteiger partial charge in [0.25, 0.3) is 5.91 Å². The molecule has 1 aliphatic rings. The normalized spacial score (nSPS) is 14.2. The number of anilines is 1. The van der Waals surface area contributed by atoms with Crippen molar-refractivity contribution < 1.29 is 14.3 Å². The zero-order valence-electron chi connectivity index (χ0n) is 20.5. The summed E-state index contributed by atoms with van der Waals surface area (Å²) in [5, 5.41) is 0. The summed E-state index contributed by atoms with van der Waals surface area (Å²) < 4.78 is 10.8. The smallest absolute Gasteiger partial charge is 0.257 e. The number of nitrogens with two attached hydrogens (primary N) is 1. The van der Waals surface area contributed by atoms with Crippen molar-refractivity contribution in [2.45, 2.75) is 13.3 Å². The van der Waals surface area contributed by atoms with E-state index in [4.69, 9.17) is 15.2 Å². The lowest BCUT2D eigenvalue weighted by molar-refractivity contribution is 0.0591. The lowest BCUT2D eigenvalue weighted by atomic mass is 9.96. The molecular weight excluding hydrogens is 444 g/mol. The third-order valence-corrected chi connectivity index (χ3v) is 6.31. The van der Waals surface area contributed by atoms with Crippen LogP contribution in [0.5, 0.6) is 5.75 Å². The Morgan fingerprint density at radius 1 is 1.03 bits per heavy atom. The molecule has 35 heavy (non-hydrogen) atoms. The number of amides is 1. The Labute approximate surface area is 205 Å². The van der Waals surface area contributed by atoms with Crippen LogP contribution in [0.15, 0.2) is 42.9 Å². The van der Waals surface area contributed by atoms with Crippen molar-refractivity contribution in [1.82, 2.24) is 24.8 Å². The zero-order valence-corrected chi connectivity index (χ0v) is 20.5. The number of hydrogen-bond acceptors (Lipinski definition) is 8. The first-order valence-corrected chi connectivity index (χ1v) is 11.8. The van der Waals surface area contributed by atoms with Crippen LogP contribution in [0.25, 0.3) is 22.4 Å². The van der Waals surface area contributed by atoms with E-state index in [9.17, 15) is 4.79 Å². The Morgan fingerprint density at radius 3 is 2.46 bits per heavy atom. The first kappa shape index (κ1) is 24.6. The van der Waals surface area contributed by atoms with Gasteiger partial charge in [-0.3, -0.25) is 9.69 Å². The Balaban J connectivity index is 1.63. The van der Waals surface area contributed by atoms with Gasteiger partial charge in [-0.2, -0.15) is 0 Å². The molecule has 4 rings (SSSR count). The standard InChI is InChI=1S/C26H32N6O3/c1-4-21-24(19-6-8-23(27)28-16-19)25(30-17-29-21)18-5-7-20(22(15-18)35-3)26(33)32-11-9-31(10-12-32)13-14-34-2/h5-8,15-17H,4,9-14H2,1-3H3,(H2,27,28). The fourth-order valence-electron chi connectivity index (χ4n) is 4.35. The molecule has 3 aromatic rings. The highest BCUT2D eigenvalue weighted by molar-refractivity contribution is 5.98. The molecule has 0 radical (unpaired) electrons. The molecule has 0 atom stereocenters. The van der Waals surface area contributed by atoms with Crippen molar-refractivity contribution in [3.05, 3.63) is 54.1 Å². The van der Waals surface area contributed by atoms with Gasteiger partial charge < -0.3 is 20.1 Å². The highest BCUT2D eigenvalue weighted by atomic mass is 16.5. The number of aryl methyl sites for hydroxylation is 1. The highest BCUT2D eigenvalue weighted by Crippen LogP contribution is 2.35. The number of hydrogen-bond donors (Lipinski definition) is 1. The molecule has 1 aliphatic heterocycles. The number of ether oxygens (including phenoxy) is 2. The van der Waals surface area contributed by atoms with Crippen LogP contribution in [0.3, 0.4) is 0 Å². The Bertz CT molecular complexity index is 1160. The maximum absolute atomic E-state index is 13.3. The molecular formula is C26H32N6O3. The van der Waals surface area contributed by atoms with Crippen molar-refractivity contribution in [3.8, 4) is 28.1 Å². The SMILES string of the molecule is CCc1ncnc(-c2ccc(C(=O)N3CCN(CCOC)CC3)c(OC)c2)c1-c1ccc(N)nc1. The van der Waals surface area contributed by atoms with Crippen LogP contribution in [0, 0.1) is 0 Å². The minimum atomic E-state index is -0.0281. The van der Waals surface area contributed by atoms with Gasteiger partial charge in [0, 0.05) is 62.7 Å². The van der Waals surface area contributed by atoms with Crippen LogP contribution in [0.1, 0.15) is 23.0 Å². The molecule has 2 N–H and O–H groups in total. The number of methoxy groups -OCH3 is 2. The van der Waals surface area contributed by atoms with E-state index in [0.717, 1.165) is 54.1 Å². The number of aromatic nitrogens is 3. The monoisotopic (exact) mass is 476 g/mol. The Morgan fingerprint density at radius 2 is 1.80 bits per heavy atom. The summed E-state index contributed by atoms with van der Waals surface area (Å²) in [7, 11) is 3.29. The number of nitrogens with zero attached hydrogens (tertiary/aromatic N) is 5. The molecule has 1 fully saturated rings. The number of carbonyl (C=O) groups excluding carboxylic acids is 1. The van der Waals surface area contributed by atoms with Crippen LogP contribution in [0.2, 0.25) is 0 Å². The molecule has 1 aromatic carbocycles. The zero-order chi connectivity index (χ0) is 24.8. The number of pyridine rings is 1. The van der Waals surface area contributed by atoms with Crippen LogP contribution in [0.4, 0.5) is 5.82 Å². The van der Waals surface area contributed by atoms with Crippen LogP contribution < -0.4 is 10.5 Å². The van der Waals surface area contributed by atoms with Gasteiger partial charge in [0.1, 0.15) is 17.9 Å². The van der Waals surface area contributed by atoms with Gasteiger partial charge in [-0.15, -0.1) is 0 Å². The second kappa shape index (κ2) is 11.2. The van der Waals surface area contributed by atoms with E-state index >= 15 is 0 Å². The van der Waals surface area contributed by atoms with Crippen molar-refractivity contribution in [2.75, 3.05) is 59.3 Å². The number of carbonyl (C=O) groups is 1. The summed E-state index contributed by atoms with van der Waals surface area (Å²) in [5.41, 5.74) is 10.6. The molecule has 0 aliphatic carbocycles. The first-order valence-electron chi connectivity index (χ1n) is 11.8. The molecule has 0 saturated carbocycles. The third kappa shape index (κ3) is 5.41. The summed E-state index contributed by atoms with van der Waals surface area (Å²) >= 11 is 0. The minimum absolute atomic E-state index is 0.0281. The molecule has 9 nitrogen and oxygen atoms in total. The number of rotatable bonds is 8. The van der Waals surface area contributed by atoms with Gasteiger partial charge in [0.05, 0.1) is 30.7 Å². The molecule has 1 saturated heterocycles. The van der Waals surface area contributed by atoms with Crippen LogP contribution in [-0.2, 0) is 11.2 Å². The topological polar surface area (TPSA) is 107 Å². The average Bonchev–Trinajstić information content (AvgIpc) is 2.91. The molecule has 184 valence electrons. The molecule has 3 heterocycles. The van der Waals surface area contributed by atoms with Gasteiger partial charge in [-0.25, -0.2) is 15.0 Å². The summed E-state index contributed by atoms with van der Waals surface area (Å²) in [6.07, 6.45) is 4.04. The van der Waals surface area contributed by atoms with E-state index in [0.29, 0.717) is 36.8 Å². The van der Waals surface area contributed by atoms with Gasteiger partial charge in [0.15, 0.2) is 0 Å². The predicted octanol–water partition coefficient (Wildman–Crippen LogP) is 2.76. The maximum atomic E-state index is 13.3. The predicted molar refractivity (Wildman–Crippen MR) is 135 cm³/mol. The van der Waals surface area contributed by atoms with Crippen molar-refractivity contribution in [1.29, 1.82) is 0 Å². The summed E-state index contributed by atoms with van der Waals surface area (Å²) in [5.74, 6) is 0.946. The fourth-order valence-corrected chi connectivity index (χ4v) is 4.35. The molecule has 0 bridgehead atoms. The lowest BCUT2D eigenvalue weighted by Gasteiger charge is -2.34. The maximum Gasteiger partial charge on any atom is 0.257 e. The van der Waals surface area contributed by atoms with E-state index in [1.54, 1.807) is 32.8 Å². The lowest BCUT2D eigenvalue weighted by Crippen LogP contribution is -2.49. The van der Waals surface area contributed by atoms with E-state index in [1.165, 1.54) is 0 Å². The van der Waals surface area contributed by atoms with Crippen LogP contribution in [-0.4, -0.2) is 84.2 Å². The Hall–Kier alpha value is -3.56. The molecule has 1 amide bonds. The van der Waals surface area contributed by atoms with E-state index < -0.39 is 0 Å². The average molecular weight is 477 g/mol. The minimum Gasteiger partial charge on any atom is -0.496 e. The highest BCUT2D eigenvalue weighted by Gasteiger charge is 2.25. The largest absolute Gasteiger partial charge is 0.496 e. The first-order chi connectivity index (χ1) is 17.0. The quantitative estimate of drug-likeness (QED) is 0.529. The number of piperazine rings is 1. The number of benzene rings is 1. The van der Waals surface area contributed by atoms with Crippen molar-refractivity contribution in [3.63, 3.8) is 0 Å². The Kier molecular flexibility index (Phi) is 7.89. The number of nitrogen functional groups attached to an aromatic ring is 1.